The van der Waals surface area contributed by atoms with Gasteiger partial charge in [-0.05, 0) is 38.0 Å². The molecular formula is C15H15NO2. The summed E-state index contributed by atoms with van der Waals surface area (Å²) in [6, 6.07) is 9.88. The lowest BCUT2D eigenvalue weighted by atomic mass is 10.1. The highest BCUT2D eigenvalue weighted by Gasteiger charge is 2.27. The number of rotatable bonds is 1. The lowest BCUT2D eigenvalue weighted by Crippen LogP contribution is -2.29. The average Bonchev–Trinajstić information content (AvgIpc) is 2.92. The molecule has 0 unspecified atom stereocenters. The van der Waals surface area contributed by atoms with E-state index in [1.165, 1.54) is 5.56 Å². The maximum atomic E-state index is 12.5. The average molecular weight is 241 g/mol. The van der Waals surface area contributed by atoms with Crippen LogP contribution in [0, 0.1) is 13.8 Å². The first-order chi connectivity index (χ1) is 8.66. The third-order valence-electron chi connectivity index (χ3n) is 3.40. The van der Waals surface area contributed by atoms with Crippen LogP contribution in [0.2, 0.25) is 0 Å². The molecule has 92 valence electrons. The van der Waals surface area contributed by atoms with Crippen molar-refractivity contribution in [3.63, 3.8) is 0 Å². The molecule has 0 saturated carbocycles. The third kappa shape index (κ3) is 1.63. The van der Waals surface area contributed by atoms with Gasteiger partial charge in [-0.2, -0.15) is 0 Å². The molecule has 0 radical (unpaired) electrons. The molecule has 2 aromatic rings. The highest BCUT2D eigenvalue weighted by atomic mass is 16.3. The summed E-state index contributed by atoms with van der Waals surface area (Å²) >= 11 is 0. The summed E-state index contributed by atoms with van der Waals surface area (Å²) in [4.78, 5) is 14.3. The Hall–Kier alpha value is -2.03. The van der Waals surface area contributed by atoms with Crippen molar-refractivity contribution in [2.45, 2.75) is 20.3 Å². The van der Waals surface area contributed by atoms with E-state index in [2.05, 4.69) is 6.07 Å². The van der Waals surface area contributed by atoms with Crippen LogP contribution in [0.5, 0.6) is 0 Å². The van der Waals surface area contributed by atoms with Gasteiger partial charge in [-0.15, -0.1) is 0 Å². The van der Waals surface area contributed by atoms with Gasteiger partial charge in [0, 0.05) is 12.2 Å². The number of furan rings is 1. The Morgan fingerprint density at radius 2 is 2.06 bits per heavy atom. The molecule has 1 aromatic heterocycles. The Morgan fingerprint density at radius 1 is 1.28 bits per heavy atom. The van der Waals surface area contributed by atoms with Crippen molar-refractivity contribution in [1.29, 1.82) is 0 Å². The molecule has 0 bridgehead atoms. The van der Waals surface area contributed by atoms with Crippen LogP contribution < -0.4 is 4.90 Å². The minimum Gasteiger partial charge on any atom is -0.466 e. The van der Waals surface area contributed by atoms with Gasteiger partial charge in [-0.1, -0.05) is 18.2 Å². The van der Waals surface area contributed by atoms with Gasteiger partial charge >= 0.3 is 0 Å². The smallest absolute Gasteiger partial charge is 0.261 e. The Kier molecular flexibility index (Phi) is 2.47. The second-order valence-electron chi connectivity index (χ2n) is 4.66. The van der Waals surface area contributed by atoms with E-state index < -0.39 is 0 Å². The van der Waals surface area contributed by atoms with Crippen molar-refractivity contribution >= 4 is 11.6 Å². The van der Waals surface area contributed by atoms with E-state index in [4.69, 9.17) is 4.42 Å². The number of benzene rings is 1. The van der Waals surface area contributed by atoms with Crippen LogP contribution in [0.4, 0.5) is 5.69 Å². The fourth-order valence-corrected chi connectivity index (χ4v) is 2.54. The van der Waals surface area contributed by atoms with Gasteiger partial charge in [0.1, 0.15) is 11.5 Å². The minimum absolute atomic E-state index is 0.0364. The number of carbonyl (C=O) groups excluding carboxylic acids is 1. The van der Waals surface area contributed by atoms with Crippen LogP contribution in [0.1, 0.15) is 27.4 Å². The van der Waals surface area contributed by atoms with E-state index >= 15 is 0 Å². The monoisotopic (exact) mass is 241 g/mol. The van der Waals surface area contributed by atoms with Crippen LogP contribution in [0.15, 0.2) is 34.7 Å². The molecule has 1 amide bonds. The Labute approximate surface area is 106 Å². The van der Waals surface area contributed by atoms with E-state index in [-0.39, 0.29) is 5.91 Å². The standard InChI is InChI=1S/C15H15NO2/c1-10-9-13(11(2)18-10)15(17)16-8-7-12-5-3-4-6-14(12)16/h3-6,9H,7-8H2,1-2H3. The predicted octanol–water partition coefficient (Wildman–Crippen LogP) is 3.10. The fraction of sp³-hybridized carbons (Fsp3) is 0.267. The SMILES string of the molecule is Cc1cc(C(=O)N2CCc3ccccc32)c(C)o1. The molecule has 2 heterocycles. The molecule has 0 fully saturated rings. The van der Waals surface area contributed by atoms with Crippen molar-refractivity contribution in [2.24, 2.45) is 0 Å². The van der Waals surface area contributed by atoms with E-state index in [0.29, 0.717) is 11.3 Å². The fourth-order valence-electron chi connectivity index (χ4n) is 2.54. The largest absolute Gasteiger partial charge is 0.466 e. The molecule has 3 heteroatoms. The number of nitrogens with zero attached hydrogens (tertiary/aromatic N) is 1. The summed E-state index contributed by atoms with van der Waals surface area (Å²) in [6.07, 6.45) is 0.928. The lowest BCUT2D eigenvalue weighted by molar-refractivity contribution is 0.0988. The van der Waals surface area contributed by atoms with Gasteiger partial charge in [-0.3, -0.25) is 4.79 Å². The maximum absolute atomic E-state index is 12.5. The first kappa shape index (κ1) is 11.1. The topological polar surface area (TPSA) is 33.5 Å². The molecule has 1 aliphatic rings. The zero-order valence-electron chi connectivity index (χ0n) is 10.6. The molecule has 0 atom stereocenters. The van der Waals surface area contributed by atoms with E-state index in [1.807, 2.05) is 43.0 Å². The van der Waals surface area contributed by atoms with Gasteiger partial charge in [-0.25, -0.2) is 0 Å². The van der Waals surface area contributed by atoms with E-state index in [9.17, 15) is 4.79 Å². The summed E-state index contributed by atoms with van der Waals surface area (Å²) in [5.41, 5.74) is 2.94. The number of hydrogen-bond donors (Lipinski definition) is 0. The van der Waals surface area contributed by atoms with Gasteiger partial charge in [0.2, 0.25) is 0 Å². The summed E-state index contributed by atoms with van der Waals surface area (Å²) in [5, 5.41) is 0. The molecule has 0 saturated heterocycles. The Balaban J connectivity index is 1.98. The molecule has 3 rings (SSSR count). The van der Waals surface area contributed by atoms with Crippen molar-refractivity contribution in [1.82, 2.24) is 0 Å². The number of para-hydroxylation sites is 1. The zero-order chi connectivity index (χ0) is 12.7. The van der Waals surface area contributed by atoms with E-state index in [0.717, 1.165) is 24.4 Å². The van der Waals surface area contributed by atoms with Crippen LogP contribution >= 0.6 is 0 Å². The van der Waals surface area contributed by atoms with Gasteiger partial charge in [0.05, 0.1) is 5.56 Å². The first-order valence-electron chi connectivity index (χ1n) is 6.13. The number of hydrogen-bond acceptors (Lipinski definition) is 2. The normalized spacial score (nSPS) is 13.8. The molecule has 0 spiro atoms. The second-order valence-corrected chi connectivity index (χ2v) is 4.66. The lowest BCUT2D eigenvalue weighted by Gasteiger charge is -2.16. The Morgan fingerprint density at radius 3 is 2.78 bits per heavy atom. The zero-order valence-corrected chi connectivity index (χ0v) is 10.6. The van der Waals surface area contributed by atoms with Crippen molar-refractivity contribution < 1.29 is 9.21 Å². The second kappa shape index (κ2) is 4.02. The highest BCUT2D eigenvalue weighted by molar-refractivity contribution is 6.07. The quantitative estimate of drug-likeness (QED) is 0.768. The molecule has 0 aliphatic carbocycles. The van der Waals surface area contributed by atoms with Crippen molar-refractivity contribution in [3.8, 4) is 0 Å². The summed E-state index contributed by atoms with van der Waals surface area (Å²) < 4.78 is 5.44. The third-order valence-corrected chi connectivity index (χ3v) is 3.40. The highest BCUT2D eigenvalue weighted by Crippen LogP contribution is 2.29. The minimum atomic E-state index is 0.0364. The summed E-state index contributed by atoms with van der Waals surface area (Å²) in [5.74, 6) is 1.51. The molecule has 0 N–H and O–H groups in total. The number of amides is 1. The number of fused-ring (bicyclic) bond motifs is 1. The number of carbonyl (C=O) groups is 1. The van der Waals surface area contributed by atoms with Crippen molar-refractivity contribution in [3.05, 3.63) is 53.0 Å². The van der Waals surface area contributed by atoms with Crippen LogP contribution in [0.25, 0.3) is 0 Å². The van der Waals surface area contributed by atoms with Gasteiger partial charge in [0.15, 0.2) is 0 Å². The first-order valence-corrected chi connectivity index (χ1v) is 6.13. The molecule has 1 aliphatic heterocycles. The van der Waals surface area contributed by atoms with Crippen LogP contribution in [0.3, 0.4) is 0 Å². The molecule has 3 nitrogen and oxygen atoms in total. The van der Waals surface area contributed by atoms with Crippen LogP contribution in [-0.2, 0) is 6.42 Å². The molecular weight excluding hydrogens is 226 g/mol. The maximum Gasteiger partial charge on any atom is 0.261 e. The number of anilines is 1. The summed E-state index contributed by atoms with van der Waals surface area (Å²) in [7, 11) is 0. The van der Waals surface area contributed by atoms with Gasteiger partial charge in [0.25, 0.3) is 5.91 Å². The van der Waals surface area contributed by atoms with Crippen LogP contribution in [-0.4, -0.2) is 12.5 Å². The molecule has 18 heavy (non-hydrogen) atoms. The predicted molar refractivity (Wildman–Crippen MR) is 70.0 cm³/mol. The summed E-state index contributed by atoms with van der Waals surface area (Å²) in [6.45, 7) is 4.45. The van der Waals surface area contributed by atoms with Gasteiger partial charge < -0.3 is 9.32 Å². The van der Waals surface area contributed by atoms with E-state index in [1.54, 1.807) is 0 Å². The number of aryl methyl sites for hydroxylation is 2. The van der Waals surface area contributed by atoms with Crippen molar-refractivity contribution in [2.75, 3.05) is 11.4 Å². The Bertz CT molecular complexity index is 613. The molecule has 1 aromatic carbocycles.